The number of aromatic nitrogens is 1. The number of nitrogens with one attached hydrogen (secondary N) is 1. The number of pyridine rings is 1. The molecule has 1 aromatic heterocycles. The van der Waals surface area contributed by atoms with Gasteiger partial charge < -0.3 is 15.2 Å². The molecule has 5 nitrogen and oxygen atoms in total. The first kappa shape index (κ1) is 14.1. The summed E-state index contributed by atoms with van der Waals surface area (Å²) in [7, 11) is 1.69. The van der Waals surface area contributed by atoms with Crippen LogP contribution in [-0.4, -0.2) is 36.3 Å². The highest BCUT2D eigenvalue weighted by Crippen LogP contribution is 2.48. The number of anilines is 1. The highest BCUT2D eigenvalue weighted by Gasteiger charge is 2.41. The van der Waals surface area contributed by atoms with Gasteiger partial charge in [-0.15, -0.1) is 0 Å². The van der Waals surface area contributed by atoms with Crippen LogP contribution in [0, 0.1) is 5.41 Å². The molecular weight excluding hydrogens is 268 g/mol. The Morgan fingerprint density at radius 1 is 1.58 bits per heavy atom. The summed E-state index contributed by atoms with van der Waals surface area (Å²) < 4.78 is 5.09. The Labute approximate surface area is 116 Å². The Hall–Kier alpha value is -1.33. The van der Waals surface area contributed by atoms with E-state index in [1.807, 2.05) is 0 Å². The van der Waals surface area contributed by atoms with Crippen LogP contribution < -0.4 is 5.32 Å². The molecule has 104 valence electrons. The molecule has 0 amide bonds. The molecule has 0 unspecified atom stereocenters. The standard InChI is InChI=1S/C13H17ClN2O3/c1-19-7-6-13(4-5-13)8-15-11-9(12(17)18)2-3-10(14)16-11/h2-3H,4-8H2,1H3,(H,15,16)(H,17,18). The smallest absolute Gasteiger partial charge is 0.339 e. The number of hydrogen-bond donors (Lipinski definition) is 2. The van der Waals surface area contributed by atoms with Crippen LogP contribution in [0.2, 0.25) is 5.15 Å². The van der Waals surface area contributed by atoms with Gasteiger partial charge in [0, 0.05) is 20.3 Å². The van der Waals surface area contributed by atoms with Gasteiger partial charge in [0.05, 0.1) is 0 Å². The van der Waals surface area contributed by atoms with Gasteiger partial charge in [-0.05, 0) is 36.8 Å². The summed E-state index contributed by atoms with van der Waals surface area (Å²) in [6, 6.07) is 2.95. The van der Waals surface area contributed by atoms with Gasteiger partial charge in [0.25, 0.3) is 0 Å². The minimum Gasteiger partial charge on any atom is -0.478 e. The molecule has 2 N–H and O–H groups in total. The fourth-order valence-electron chi connectivity index (χ4n) is 2.02. The molecule has 0 bridgehead atoms. The van der Waals surface area contributed by atoms with Crippen molar-refractivity contribution < 1.29 is 14.6 Å². The van der Waals surface area contributed by atoms with E-state index in [0.29, 0.717) is 12.4 Å². The number of carboxylic acid groups (broad SMARTS) is 1. The number of aromatic carboxylic acids is 1. The number of carboxylic acids is 1. The van der Waals surface area contributed by atoms with Gasteiger partial charge >= 0.3 is 5.97 Å². The zero-order chi connectivity index (χ0) is 13.9. The molecule has 0 saturated heterocycles. The molecule has 0 aliphatic heterocycles. The summed E-state index contributed by atoms with van der Waals surface area (Å²) in [6.45, 7) is 1.42. The van der Waals surface area contributed by atoms with E-state index in [9.17, 15) is 4.79 Å². The van der Waals surface area contributed by atoms with E-state index in [1.165, 1.54) is 12.1 Å². The maximum absolute atomic E-state index is 11.1. The van der Waals surface area contributed by atoms with E-state index in [0.717, 1.165) is 25.9 Å². The number of nitrogens with zero attached hydrogens (tertiary/aromatic N) is 1. The molecular formula is C13H17ClN2O3. The Morgan fingerprint density at radius 3 is 2.89 bits per heavy atom. The number of carbonyl (C=O) groups is 1. The maximum atomic E-state index is 11.1. The minimum absolute atomic E-state index is 0.145. The topological polar surface area (TPSA) is 71.5 Å². The SMILES string of the molecule is COCCC1(CNc2nc(Cl)ccc2C(=O)O)CC1. The van der Waals surface area contributed by atoms with Crippen molar-refractivity contribution in [3.05, 3.63) is 22.8 Å². The summed E-state index contributed by atoms with van der Waals surface area (Å²) >= 11 is 5.81. The third-order valence-corrected chi connectivity index (χ3v) is 3.73. The summed E-state index contributed by atoms with van der Waals surface area (Å²) in [5.41, 5.74) is 0.363. The molecule has 1 fully saturated rings. The first-order valence-electron chi connectivity index (χ1n) is 6.19. The zero-order valence-corrected chi connectivity index (χ0v) is 11.5. The van der Waals surface area contributed by atoms with Crippen LogP contribution in [0.1, 0.15) is 29.6 Å². The molecule has 1 heterocycles. The minimum atomic E-state index is -1.01. The maximum Gasteiger partial charge on any atom is 0.339 e. The average molecular weight is 285 g/mol. The van der Waals surface area contributed by atoms with Gasteiger partial charge in [-0.2, -0.15) is 0 Å². The fraction of sp³-hybridized carbons (Fsp3) is 0.538. The van der Waals surface area contributed by atoms with Crippen LogP contribution in [0.5, 0.6) is 0 Å². The van der Waals surface area contributed by atoms with Gasteiger partial charge in [0.1, 0.15) is 16.5 Å². The summed E-state index contributed by atoms with van der Waals surface area (Å²) in [6.07, 6.45) is 3.23. The summed E-state index contributed by atoms with van der Waals surface area (Å²) in [5.74, 6) is -0.669. The molecule has 19 heavy (non-hydrogen) atoms. The van der Waals surface area contributed by atoms with E-state index >= 15 is 0 Å². The Morgan fingerprint density at radius 2 is 2.32 bits per heavy atom. The molecule has 1 aliphatic carbocycles. The summed E-state index contributed by atoms with van der Waals surface area (Å²) in [4.78, 5) is 15.1. The van der Waals surface area contributed by atoms with Gasteiger partial charge in [0.15, 0.2) is 0 Å². The lowest BCUT2D eigenvalue weighted by molar-refractivity contribution is 0.0697. The molecule has 1 aliphatic rings. The van der Waals surface area contributed by atoms with E-state index in [4.69, 9.17) is 21.4 Å². The predicted molar refractivity (Wildman–Crippen MR) is 72.9 cm³/mol. The van der Waals surface area contributed by atoms with Crippen molar-refractivity contribution in [2.75, 3.05) is 25.6 Å². The van der Waals surface area contributed by atoms with Crippen LogP contribution in [-0.2, 0) is 4.74 Å². The van der Waals surface area contributed by atoms with Gasteiger partial charge in [-0.3, -0.25) is 0 Å². The number of halogens is 1. The number of ether oxygens (including phenoxy) is 1. The normalized spacial score (nSPS) is 16.1. The third-order valence-electron chi connectivity index (χ3n) is 3.52. The van der Waals surface area contributed by atoms with Gasteiger partial charge in [-0.25, -0.2) is 9.78 Å². The molecule has 0 atom stereocenters. The van der Waals surface area contributed by atoms with E-state index in [2.05, 4.69) is 10.3 Å². The lowest BCUT2D eigenvalue weighted by Gasteiger charge is -2.16. The first-order chi connectivity index (χ1) is 9.06. The second-order valence-corrected chi connectivity index (χ2v) is 5.32. The van der Waals surface area contributed by atoms with E-state index in [-0.39, 0.29) is 16.1 Å². The van der Waals surface area contributed by atoms with Gasteiger partial charge in [0.2, 0.25) is 0 Å². The lowest BCUT2D eigenvalue weighted by atomic mass is 10.0. The van der Waals surface area contributed by atoms with Crippen molar-refractivity contribution in [1.29, 1.82) is 0 Å². The third kappa shape index (κ3) is 3.58. The van der Waals surface area contributed by atoms with Crippen LogP contribution in [0.25, 0.3) is 0 Å². The molecule has 1 saturated carbocycles. The van der Waals surface area contributed by atoms with Crippen molar-refractivity contribution in [3.8, 4) is 0 Å². The molecule has 6 heteroatoms. The van der Waals surface area contributed by atoms with Crippen molar-refractivity contribution in [1.82, 2.24) is 4.98 Å². The predicted octanol–water partition coefficient (Wildman–Crippen LogP) is 2.66. The molecule has 0 spiro atoms. The Balaban J connectivity index is 2.03. The Bertz CT molecular complexity index is 475. The highest BCUT2D eigenvalue weighted by molar-refractivity contribution is 6.29. The second kappa shape index (κ2) is 5.75. The Kier molecular flexibility index (Phi) is 4.27. The lowest BCUT2D eigenvalue weighted by Crippen LogP contribution is -2.19. The van der Waals surface area contributed by atoms with Gasteiger partial charge in [-0.1, -0.05) is 11.6 Å². The molecule has 2 rings (SSSR count). The zero-order valence-electron chi connectivity index (χ0n) is 10.8. The number of hydrogen-bond acceptors (Lipinski definition) is 4. The first-order valence-corrected chi connectivity index (χ1v) is 6.57. The van der Waals surface area contributed by atoms with Crippen molar-refractivity contribution in [2.24, 2.45) is 5.41 Å². The highest BCUT2D eigenvalue weighted by atomic mass is 35.5. The molecule has 0 radical (unpaired) electrons. The monoisotopic (exact) mass is 284 g/mol. The van der Waals surface area contributed by atoms with E-state index < -0.39 is 5.97 Å². The molecule has 1 aromatic rings. The quantitative estimate of drug-likeness (QED) is 0.753. The molecule has 0 aromatic carbocycles. The largest absolute Gasteiger partial charge is 0.478 e. The van der Waals surface area contributed by atoms with E-state index in [1.54, 1.807) is 7.11 Å². The van der Waals surface area contributed by atoms with Crippen molar-refractivity contribution in [3.63, 3.8) is 0 Å². The van der Waals surface area contributed by atoms with Crippen LogP contribution in [0.3, 0.4) is 0 Å². The van der Waals surface area contributed by atoms with Crippen molar-refractivity contribution >= 4 is 23.4 Å². The van der Waals surface area contributed by atoms with Crippen LogP contribution >= 0.6 is 11.6 Å². The number of methoxy groups -OCH3 is 1. The van der Waals surface area contributed by atoms with Crippen LogP contribution in [0.15, 0.2) is 12.1 Å². The van der Waals surface area contributed by atoms with Crippen LogP contribution in [0.4, 0.5) is 5.82 Å². The average Bonchev–Trinajstić information content (AvgIpc) is 3.14. The number of rotatable bonds is 7. The second-order valence-electron chi connectivity index (χ2n) is 4.93. The summed E-state index contributed by atoms with van der Waals surface area (Å²) in [5, 5.41) is 12.5. The van der Waals surface area contributed by atoms with Crippen molar-refractivity contribution in [2.45, 2.75) is 19.3 Å². The fourth-order valence-corrected chi connectivity index (χ4v) is 2.17.